The number of Topliss-reactive ketones (excluding diaryl/α,β-unsaturated/α-hetero) is 1. The number of halogens is 2. The molecule has 0 unspecified atom stereocenters. The van der Waals surface area contributed by atoms with Crippen LogP contribution in [0.4, 0.5) is 8.78 Å². The van der Waals surface area contributed by atoms with E-state index in [1.807, 2.05) is 0 Å². The Kier molecular flexibility index (Phi) is 5.94. The summed E-state index contributed by atoms with van der Waals surface area (Å²) in [5.74, 6) is -3.97. The van der Waals surface area contributed by atoms with Gasteiger partial charge in [-0.25, -0.2) is 13.6 Å². The Balaban J connectivity index is 2.01. The van der Waals surface area contributed by atoms with Crippen molar-refractivity contribution in [2.45, 2.75) is 6.42 Å². The number of ketones is 1. The number of methoxy groups -OCH3 is 1. The molecular formula is C18H15F2NO4. The number of rotatable bonds is 6. The standard InChI is InChI=1S/C18H15F2NO4/c1-25-18(24)12-7-15(19)14(16(20)8-12)9-13(22)10-21-17(23)11-5-3-2-4-6-11/h2-8H,9-10H2,1H3,(H,21,23). The molecule has 0 aliphatic heterocycles. The molecule has 130 valence electrons. The minimum atomic E-state index is -1.02. The highest BCUT2D eigenvalue weighted by Crippen LogP contribution is 2.17. The van der Waals surface area contributed by atoms with Crippen LogP contribution in [-0.2, 0) is 16.0 Å². The minimum Gasteiger partial charge on any atom is -0.465 e. The zero-order chi connectivity index (χ0) is 18.4. The molecule has 0 radical (unpaired) electrons. The topological polar surface area (TPSA) is 72.5 Å². The highest BCUT2D eigenvalue weighted by atomic mass is 19.1. The van der Waals surface area contributed by atoms with Gasteiger partial charge in [-0.3, -0.25) is 9.59 Å². The van der Waals surface area contributed by atoms with Crippen LogP contribution in [0.2, 0.25) is 0 Å². The summed E-state index contributed by atoms with van der Waals surface area (Å²) in [6.07, 6.45) is -0.547. The van der Waals surface area contributed by atoms with Crippen LogP contribution in [-0.4, -0.2) is 31.3 Å². The first-order valence-electron chi connectivity index (χ1n) is 7.33. The summed E-state index contributed by atoms with van der Waals surface area (Å²) in [5, 5.41) is 2.39. The molecule has 0 fully saturated rings. The van der Waals surface area contributed by atoms with Crippen LogP contribution in [0.25, 0.3) is 0 Å². The molecule has 1 amide bonds. The summed E-state index contributed by atoms with van der Waals surface area (Å²) in [7, 11) is 1.09. The average molecular weight is 347 g/mol. The van der Waals surface area contributed by atoms with Crippen molar-refractivity contribution in [3.05, 3.63) is 70.8 Å². The van der Waals surface area contributed by atoms with Gasteiger partial charge < -0.3 is 10.1 Å². The Bertz CT molecular complexity index is 783. The molecule has 25 heavy (non-hydrogen) atoms. The molecule has 5 nitrogen and oxygen atoms in total. The molecular weight excluding hydrogens is 332 g/mol. The fraction of sp³-hybridized carbons (Fsp3) is 0.167. The number of esters is 1. The van der Waals surface area contributed by atoms with E-state index in [0.29, 0.717) is 5.56 Å². The number of nitrogens with one attached hydrogen (secondary N) is 1. The number of hydrogen-bond donors (Lipinski definition) is 1. The lowest BCUT2D eigenvalue weighted by molar-refractivity contribution is -0.117. The Labute approximate surface area is 142 Å². The molecule has 1 N–H and O–H groups in total. The van der Waals surface area contributed by atoms with Gasteiger partial charge in [0.15, 0.2) is 5.78 Å². The monoisotopic (exact) mass is 347 g/mol. The summed E-state index contributed by atoms with van der Waals surface area (Å²) in [5.41, 5.74) is -0.382. The van der Waals surface area contributed by atoms with E-state index < -0.39 is 41.3 Å². The van der Waals surface area contributed by atoms with Gasteiger partial charge >= 0.3 is 5.97 Å². The van der Waals surface area contributed by atoms with Crippen molar-refractivity contribution in [3.63, 3.8) is 0 Å². The summed E-state index contributed by atoms with van der Waals surface area (Å²) in [6.45, 7) is -0.370. The first-order valence-corrected chi connectivity index (χ1v) is 7.33. The summed E-state index contributed by atoms with van der Waals surface area (Å²) >= 11 is 0. The second kappa shape index (κ2) is 8.14. The maximum atomic E-state index is 13.9. The van der Waals surface area contributed by atoms with Crippen LogP contribution < -0.4 is 5.32 Å². The van der Waals surface area contributed by atoms with Gasteiger partial charge in [0.1, 0.15) is 11.6 Å². The summed E-state index contributed by atoms with van der Waals surface area (Å²) in [6, 6.07) is 9.84. The fourth-order valence-corrected chi connectivity index (χ4v) is 2.14. The van der Waals surface area contributed by atoms with Crippen molar-refractivity contribution in [2.75, 3.05) is 13.7 Å². The van der Waals surface area contributed by atoms with E-state index in [0.717, 1.165) is 19.2 Å². The van der Waals surface area contributed by atoms with E-state index in [-0.39, 0.29) is 12.1 Å². The third-order valence-electron chi connectivity index (χ3n) is 3.42. The highest BCUT2D eigenvalue weighted by Gasteiger charge is 2.18. The first-order chi connectivity index (χ1) is 11.9. The molecule has 0 bridgehead atoms. The third kappa shape index (κ3) is 4.69. The number of hydrogen-bond acceptors (Lipinski definition) is 4. The van der Waals surface area contributed by atoms with Crippen molar-refractivity contribution in [1.82, 2.24) is 5.32 Å². The van der Waals surface area contributed by atoms with Crippen LogP contribution in [0.15, 0.2) is 42.5 Å². The maximum absolute atomic E-state index is 13.9. The number of ether oxygens (including phenoxy) is 1. The van der Waals surface area contributed by atoms with E-state index in [1.165, 1.54) is 0 Å². The van der Waals surface area contributed by atoms with Crippen molar-refractivity contribution >= 4 is 17.7 Å². The van der Waals surface area contributed by atoms with Gasteiger partial charge in [0, 0.05) is 17.5 Å². The zero-order valence-electron chi connectivity index (χ0n) is 13.3. The van der Waals surface area contributed by atoms with Gasteiger partial charge in [-0.05, 0) is 24.3 Å². The first kappa shape index (κ1) is 18.3. The van der Waals surface area contributed by atoms with E-state index in [1.54, 1.807) is 30.3 Å². The molecule has 2 aromatic carbocycles. The molecule has 0 heterocycles. The van der Waals surface area contributed by atoms with Crippen molar-refractivity contribution in [3.8, 4) is 0 Å². The molecule has 0 saturated carbocycles. The van der Waals surface area contributed by atoms with E-state index in [4.69, 9.17) is 0 Å². The second-order valence-electron chi connectivity index (χ2n) is 5.17. The lowest BCUT2D eigenvalue weighted by atomic mass is 10.0. The Hall–Kier alpha value is -3.09. The quantitative estimate of drug-likeness (QED) is 0.814. The predicted molar refractivity (Wildman–Crippen MR) is 85.2 cm³/mol. The maximum Gasteiger partial charge on any atom is 0.338 e. The predicted octanol–water partition coefficient (Wildman–Crippen LogP) is 2.29. The highest BCUT2D eigenvalue weighted by molar-refractivity contribution is 5.97. The van der Waals surface area contributed by atoms with E-state index >= 15 is 0 Å². The largest absolute Gasteiger partial charge is 0.465 e. The van der Waals surface area contributed by atoms with E-state index in [9.17, 15) is 23.2 Å². The molecule has 0 atom stereocenters. The number of carbonyl (C=O) groups excluding carboxylic acids is 3. The van der Waals surface area contributed by atoms with Gasteiger partial charge in [-0.2, -0.15) is 0 Å². The van der Waals surface area contributed by atoms with Crippen molar-refractivity contribution in [2.24, 2.45) is 0 Å². The van der Waals surface area contributed by atoms with E-state index in [2.05, 4.69) is 10.1 Å². The van der Waals surface area contributed by atoms with Crippen molar-refractivity contribution < 1.29 is 27.9 Å². The molecule has 0 aliphatic carbocycles. The molecule has 2 rings (SSSR count). The molecule has 2 aromatic rings. The summed E-state index contributed by atoms with van der Waals surface area (Å²) in [4.78, 5) is 35.0. The Morgan fingerprint density at radius 1 is 1.00 bits per heavy atom. The number of benzene rings is 2. The Morgan fingerprint density at radius 2 is 1.60 bits per heavy atom. The Morgan fingerprint density at radius 3 is 2.16 bits per heavy atom. The van der Waals surface area contributed by atoms with Gasteiger partial charge in [-0.15, -0.1) is 0 Å². The van der Waals surface area contributed by atoms with Gasteiger partial charge in [0.2, 0.25) is 0 Å². The fourth-order valence-electron chi connectivity index (χ4n) is 2.14. The molecule has 0 aromatic heterocycles. The molecule has 0 spiro atoms. The lowest BCUT2D eigenvalue weighted by Gasteiger charge is -2.08. The molecule has 0 saturated heterocycles. The minimum absolute atomic E-state index is 0.286. The summed E-state index contributed by atoms with van der Waals surface area (Å²) < 4.78 is 32.3. The van der Waals surface area contributed by atoms with Crippen LogP contribution in [0.3, 0.4) is 0 Å². The zero-order valence-corrected chi connectivity index (χ0v) is 13.3. The van der Waals surface area contributed by atoms with Crippen LogP contribution in [0, 0.1) is 11.6 Å². The van der Waals surface area contributed by atoms with Gasteiger partial charge in [0.05, 0.1) is 19.2 Å². The van der Waals surface area contributed by atoms with Crippen LogP contribution >= 0.6 is 0 Å². The molecule has 0 aliphatic rings. The van der Waals surface area contributed by atoms with Crippen LogP contribution in [0.1, 0.15) is 26.3 Å². The number of carbonyl (C=O) groups is 3. The van der Waals surface area contributed by atoms with Gasteiger partial charge in [0.25, 0.3) is 5.91 Å². The van der Waals surface area contributed by atoms with Crippen LogP contribution in [0.5, 0.6) is 0 Å². The number of amides is 1. The lowest BCUT2D eigenvalue weighted by Crippen LogP contribution is -2.30. The molecule has 7 heteroatoms. The normalized spacial score (nSPS) is 10.2. The SMILES string of the molecule is COC(=O)c1cc(F)c(CC(=O)CNC(=O)c2ccccc2)c(F)c1. The average Bonchev–Trinajstić information content (AvgIpc) is 2.62. The smallest absolute Gasteiger partial charge is 0.338 e. The second-order valence-corrected chi connectivity index (χ2v) is 5.17. The van der Waals surface area contributed by atoms with Crippen molar-refractivity contribution in [1.29, 1.82) is 0 Å². The third-order valence-corrected chi connectivity index (χ3v) is 3.42. The van der Waals surface area contributed by atoms with Gasteiger partial charge in [-0.1, -0.05) is 18.2 Å².